The summed E-state index contributed by atoms with van der Waals surface area (Å²) in [6.07, 6.45) is 2.41. The molecule has 0 aromatic carbocycles. The van der Waals surface area contributed by atoms with Crippen LogP contribution in [0.25, 0.3) is 11.3 Å². The predicted octanol–water partition coefficient (Wildman–Crippen LogP) is 3.02. The van der Waals surface area contributed by atoms with E-state index in [1.54, 1.807) is 18.4 Å². The van der Waals surface area contributed by atoms with Gasteiger partial charge in [0.2, 0.25) is 0 Å². The molecule has 0 radical (unpaired) electrons. The van der Waals surface area contributed by atoms with Crippen LogP contribution in [0.15, 0.2) is 5.38 Å². The normalized spacial score (nSPS) is 19.1. The summed E-state index contributed by atoms with van der Waals surface area (Å²) in [7, 11) is 1.77. The largest absolute Gasteiger partial charge is 0.384 e. The molecule has 2 aromatic rings. The van der Waals surface area contributed by atoms with Crippen molar-refractivity contribution in [3.8, 4) is 11.3 Å². The third kappa shape index (κ3) is 3.04. The molecule has 0 amide bonds. The van der Waals surface area contributed by atoms with Crippen LogP contribution in [0, 0.1) is 12.8 Å². The van der Waals surface area contributed by atoms with Gasteiger partial charge in [-0.15, -0.1) is 11.3 Å². The van der Waals surface area contributed by atoms with Crippen molar-refractivity contribution >= 4 is 33.7 Å². The van der Waals surface area contributed by atoms with Gasteiger partial charge in [-0.1, -0.05) is 0 Å². The van der Waals surface area contributed by atoms with E-state index >= 15 is 0 Å². The van der Waals surface area contributed by atoms with Gasteiger partial charge in [0.05, 0.1) is 22.9 Å². The summed E-state index contributed by atoms with van der Waals surface area (Å²) < 4.78 is 9.67. The molecule has 21 heavy (non-hydrogen) atoms. The number of piperidine rings is 1. The highest BCUT2D eigenvalue weighted by Crippen LogP contribution is 2.40. The molecule has 1 aliphatic heterocycles. The molecule has 1 fully saturated rings. The van der Waals surface area contributed by atoms with Crippen molar-refractivity contribution < 1.29 is 4.74 Å². The Bertz CT molecular complexity index is 608. The number of aromatic nitrogens is 2. The van der Waals surface area contributed by atoms with E-state index in [1.165, 1.54) is 24.4 Å². The topological polar surface area (TPSA) is 64.3 Å². The van der Waals surface area contributed by atoms with Crippen molar-refractivity contribution in [1.29, 1.82) is 0 Å². The Labute approximate surface area is 132 Å². The number of anilines is 2. The van der Waals surface area contributed by atoms with Gasteiger partial charge in [-0.05, 0) is 37.2 Å². The highest BCUT2D eigenvalue weighted by molar-refractivity contribution is 7.11. The van der Waals surface area contributed by atoms with Crippen LogP contribution in [0.2, 0.25) is 0 Å². The Kier molecular flexibility index (Phi) is 4.42. The summed E-state index contributed by atoms with van der Waals surface area (Å²) in [5.41, 5.74) is 8.05. The fourth-order valence-electron chi connectivity index (χ4n) is 2.85. The lowest BCUT2D eigenvalue weighted by Crippen LogP contribution is -2.36. The fourth-order valence-corrected chi connectivity index (χ4v) is 4.31. The molecule has 3 rings (SSSR count). The van der Waals surface area contributed by atoms with Gasteiger partial charge in [0, 0.05) is 25.6 Å². The summed E-state index contributed by atoms with van der Waals surface area (Å²) in [5, 5.41) is 4.27. The Balaban J connectivity index is 1.89. The number of hydrogen-bond donors (Lipinski definition) is 1. The Morgan fingerprint density at radius 3 is 3.10 bits per heavy atom. The maximum Gasteiger partial charge on any atom is 0.148 e. The summed E-state index contributed by atoms with van der Waals surface area (Å²) in [5.74, 6) is 1.17. The second kappa shape index (κ2) is 6.29. The van der Waals surface area contributed by atoms with E-state index in [9.17, 15) is 0 Å². The average Bonchev–Trinajstić information content (AvgIpc) is 3.05. The number of nitrogens with two attached hydrogens (primary N) is 1. The molecule has 2 N–H and O–H groups in total. The highest BCUT2D eigenvalue weighted by Gasteiger charge is 2.26. The van der Waals surface area contributed by atoms with E-state index < -0.39 is 0 Å². The van der Waals surface area contributed by atoms with Crippen molar-refractivity contribution in [2.75, 3.05) is 37.4 Å². The van der Waals surface area contributed by atoms with E-state index in [2.05, 4.69) is 19.6 Å². The van der Waals surface area contributed by atoms with E-state index in [0.29, 0.717) is 11.7 Å². The lowest BCUT2D eigenvalue weighted by molar-refractivity contribution is 0.143. The second-order valence-corrected chi connectivity index (χ2v) is 7.22. The monoisotopic (exact) mass is 324 g/mol. The number of hydrogen-bond acceptors (Lipinski definition) is 7. The highest BCUT2D eigenvalue weighted by atomic mass is 32.1. The Morgan fingerprint density at radius 1 is 1.52 bits per heavy atom. The molecule has 1 unspecified atom stereocenters. The molecule has 0 saturated carbocycles. The molecule has 1 saturated heterocycles. The first-order chi connectivity index (χ1) is 10.2. The van der Waals surface area contributed by atoms with Gasteiger partial charge < -0.3 is 15.4 Å². The second-order valence-electron chi connectivity index (χ2n) is 5.41. The number of methoxy groups -OCH3 is 1. The lowest BCUT2D eigenvalue weighted by atomic mass is 9.99. The third-order valence-corrected chi connectivity index (χ3v) is 5.48. The zero-order valence-electron chi connectivity index (χ0n) is 12.3. The van der Waals surface area contributed by atoms with Crippen LogP contribution < -0.4 is 10.6 Å². The molecule has 0 spiro atoms. The van der Waals surface area contributed by atoms with Crippen LogP contribution in [0.1, 0.15) is 17.8 Å². The number of rotatable bonds is 4. The number of thiazole rings is 1. The van der Waals surface area contributed by atoms with Crippen molar-refractivity contribution in [2.24, 2.45) is 5.92 Å². The van der Waals surface area contributed by atoms with E-state index in [0.717, 1.165) is 41.0 Å². The van der Waals surface area contributed by atoms with Crippen molar-refractivity contribution in [3.05, 3.63) is 10.4 Å². The number of aryl methyl sites for hydroxylation is 1. The fraction of sp³-hybridized carbons (Fsp3) is 0.571. The quantitative estimate of drug-likeness (QED) is 0.936. The first-order valence-electron chi connectivity index (χ1n) is 7.10. The molecule has 7 heteroatoms. The maximum atomic E-state index is 6.10. The number of ether oxygens (including phenoxy) is 1. The van der Waals surface area contributed by atoms with Gasteiger partial charge in [-0.3, -0.25) is 0 Å². The van der Waals surface area contributed by atoms with Crippen molar-refractivity contribution in [1.82, 2.24) is 9.36 Å². The number of nitrogens with zero attached hydrogens (tertiary/aromatic N) is 3. The molecular weight excluding hydrogens is 304 g/mol. The van der Waals surface area contributed by atoms with E-state index in [-0.39, 0.29) is 0 Å². The minimum Gasteiger partial charge on any atom is -0.384 e. The van der Waals surface area contributed by atoms with Crippen LogP contribution in [-0.2, 0) is 4.74 Å². The first kappa shape index (κ1) is 14.7. The van der Waals surface area contributed by atoms with Crippen molar-refractivity contribution in [3.63, 3.8) is 0 Å². The Hall–Kier alpha value is -1.18. The van der Waals surface area contributed by atoms with Crippen LogP contribution in [0.3, 0.4) is 0 Å². The molecule has 1 atom stereocenters. The molecule has 2 aromatic heterocycles. The van der Waals surface area contributed by atoms with Gasteiger partial charge in [-0.2, -0.15) is 4.37 Å². The maximum absolute atomic E-state index is 6.10. The van der Waals surface area contributed by atoms with Gasteiger partial charge in [0.25, 0.3) is 0 Å². The summed E-state index contributed by atoms with van der Waals surface area (Å²) in [4.78, 5) is 6.97. The minimum absolute atomic E-state index is 0.581. The zero-order chi connectivity index (χ0) is 14.8. The van der Waals surface area contributed by atoms with Crippen molar-refractivity contribution in [2.45, 2.75) is 19.8 Å². The smallest absolute Gasteiger partial charge is 0.148 e. The lowest BCUT2D eigenvalue weighted by Gasteiger charge is -2.33. The minimum atomic E-state index is 0.581. The van der Waals surface area contributed by atoms with Gasteiger partial charge in [-0.25, -0.2) is 4.98 Å². The van der Waals surface area contributed by atoms with Crippen LogP contribution >= 0.6 is 22.9 Å². The standard InChI is InChI=1S/C14H20N4OS2/c1-9-16-11(8-20-9)12-13(15)17-21-14(12)18-5-3-4-10(6-18)7-19-2/h8,10H,3-7H2,1-2H3,(H2,15,17). The summed E-state index contributed by atoms with van der Waals surface area (Å²) >= 11 is 3.13. The third-order valence-electron chi connectivity index (χ3n) is 3.78. The zero-order valence-corrected chi connectivity index (χ0v) is 14.0. The van der Waals surface area contributed by atoms with Crippen LogP contribution in [0.5, 0.6) is 0 Å². The van der Waals surface area contributed by atoms with Crippen LogP contribution in [0.4, 0.5) is 10.8 Å². The molecular formula is C14H20N4OS2. The summed E-state index contributed by atoms with van der Waals surface area (Å²) in [6.45, 7) is 4.89. The molecule has 1 aliphatic rings. The number of nitrogen functional groups attached to an aromatic ring is 1. The average molecular weight is 324 g/mol. The predicted molar refractivity (Wildman–Crippen MR) is 89.2 cm³/mol. The molecule has 0 aliphatic carbocycles. The Morgan fingerprint density at radius 2 is 2.38 bits per heavy atom. The molecule has 3 heterocycles. The molecule has 0 bridgehead atoms. The van der Waals surface area contributed by atoms with E-state index in [4.69, 9.17) is 10.5 Å². The van der Waals surface area contributed by atoms with Gasteiger partial charge in [0.15, 0.2) is 0 Å². The SMILES string of the molecule is COCC1CCCN(c2snc(N)c2-c2csc(C)n2)C1. The molecule has 114 valence electrons. The summed E-state index contributed by atoms with van der Waals surface area (Å²) in [6, 6.07) is 0. The van der Waals surface area contributed by atoms with Crippen LogP contribution in [-0.4, -0.2) is 36.2 Å². The van der Waals surface area contributed by atoms with E-state index in [1.807, 2.05) is 6.92 Å². The first-order valence-corrected chi connectivity index (χ1v) is 8.76. The molecule has 5 nitrogen and oxygen atoms in total. The van der Waals surface area contributed by atoms with Gasteiger partial charge >= 0.3 is 0 Å². The van der Waals surface area contributed by atoms with Gasteiger partial charge in [0.1, 0.15) is 10.8 Å².